The largest absolute Gasteiger partial charge is 0.322 e. The average molecular weight is 387 g/mol. The van der Waals surface area contributed by atoms with Crippen molar-refractivity contribution >= 4 is 23.4 Å². The summed E-state index contributed by atoms with van der Waals surface area (Å²) in [5.74, 6) is -1.17. The molecule has 3 N–H and O–H groups in total. The quantitative estimate of drug-likeness (QED) is 0.598. The number of carbonyl (C=O) groups is 3. The van der Waals surface area contributed by atoms with Crippen molar-refractivity contribution in [3.05, 3.63) is 101 Å². The Labute approximate surface area is 168 Å². The zero-order chi connectivity index (χ0) is 20.8. The van der Waals surface area contributed by atoms with Crippen molar-refractivity contribution in [1.82, 2.24) is 10.9 Å². The van der Waals surface area contributed by atoms with Crippen LogP contribution in [-0.2, 0) is 0 Å². The number of amides is 3. The molecule has 0 aromatic heterocycles. The van der Waals surface area contributed by atoms with E-state index in [-0.39, 0.29) is 5.91 Å². The third-order valence-electron chi connectivity index (χ3n) is 4.30. The van der Waals surface area contributed by atoms with Gasteiger partial charge in [-0.2, -0.15) is 0 Å². The fourth-order valence-electron chi connectivity index (χ4n) is 2.61. The van der Waals surface area contributed by atoms with Crippen LogP contribution in [0, 0.1) is 13.8 Å². The molecule has 146 valence electrons. The van der Waals surface area contributed by atoms with Crippen LogP contribution in [0.15, 0.2) is 72.8 Å². The van der Waals surface area contributed by atoms with Gasteiger partial charge in [0.1, 0.15) is 0 Å². The molecule has 0 bridgehead atoms. The number of rotatable bonds is 4. The Kier molecular flexibility index (Phi) is 6.04. The van der Waals surface area contributed by atoms with Crippen LogP contribution < -0.4 is 16.2 Å². The van der Waals surface area contributed by atoms with E-state index in [0.29, 0.717) is 22.4 Å². The molecular weight excluding hydrogens is 366 g/mol. The zero-order valence-electron chi connectivity index (χ0n) is 16.2. The Morgan fingerprint density at radius 3 is 1.62 bits per heavy atom. The van der Waals surface area contributed by atoms with Gasteiger partial charge in [-0.3, -0.25) is 25.2 Å². The summed E-state index contributed by atoms with van der Waals surface area (Å²) in [4.78, 5) is 36.8. The summed E-state index contributed by atoms with van der Waals surface area (Å²) in [6.07, 6.45) is 0. The molecule has 0 heterocycles. The van der Waals surface area contributed by atoms with Gasteiger partial charge in [0.05, 0.1) is 0 Å². The van der Waals surface area contributed by atoms with E-state index in [9.17, 15) is 14.4 Å². The van der Waals surface area contributed by atoms with Crippen molar-refractivity contribution in [2.45, 2.75) is 13.8 Å². The highest BCUT2D eigenvalue weighted by atomic mass is 16.2. The van der Waals surface area contributed by atoms with Crippen molar-refractivity contribution in [2.75, 3.05) is 5.32 Å². The minimum Gasteiger partial charge on any atom is -0.322 e. The molecule has 3 amide bonds. The summed E-state index contributed by atoms with van der Waals surface area (Å²) in [7, 11) is 0. The maximum Gasteiger partial charge on any atom is 0.269 e. The summed E-state index contributed by atoms with van der Waals surface area (Å²) in [6, 6.07) is 20.7. The maximum atomic E-state index is 12.3. The third kappa shape index (κ3) is 5.29. The molecule has 29 heavy (non-hydrogen) atoms. The fraction of sp³-hybridized carbons (Fsp3) is 0.0870. The highest BCUT2D eigenvalue weighted by Crippen LogP contribution is 2.13. The van der Waals surface area contributed by atoms with Crippen LogP contribution in [0.2, 0.25) is 0 Å². The lowest BCUT2D eigenvalue weighted by Crippen LogP contribution is -2.41. The Bertz CT molecular complexity index is 1040. The van der Waals surface area contributed by atoms with Crippen molar-refractivity contribution in [1.29, 1.82) is 0 Å². The SMILES string of the molecule is Cc1ccc(C(=O)NNC(=O)c2cccc(NC(=O)c3ccc(C)cc3)c2)cc1. The first kappa shape index (κ1) is 19.8. The molecule has 3 aromatic carbocycles. The molecule has 0 aliphatic heterocycles. The second-order valence-electron chi connectivity index (χ2n) is 6.68. The molecule has 6 nitrogen and oxygen atoms in total. The van der Waals surface area contributed by atoms with Gasteiger partial charge in [-0.25, -0.2) is 0 Å². The summed E-state index contributed by atoms with van der Waals surface area (Å²) < 4.78 is 0. The molecule has 0 radical (unpaired) electrons. The number of nitrogens with one attached hydrogen (secondary N) is 3. The Balaban J connectivity index is 1.61. The molecule has 0 saturated carbocycles. The van der Waals surface area contributed by atoms with Crippen LogP contribution in [0.5, 0.6) is 0 Å². The molecule has 0 aliphatic rings. The second kappa shape index (κ2) is 8.84. The topological polar surface area (TPSA) is 87.3 Å². The maximum absolute atomic E-state index is 12.3. The number of carbonyl (C=O) groups excluding carboxylic acids is 3. The van der Waals surface area contributed by atoms with E-state index in [1.54, 1.807) is 48.5 Å². The van der Waals surface area contributed by atoms with Gasteiger partial charge in [0, 0.05) is 22.4 Å². The standard InChI is InChI=1S/C23H21N3O3/c1-15-6-10-17(11-7-15)21(27)24-20-5-3-4-19(14-20)23(29)26-25-22(28)18-12-8-16(2)9-13-18/h3-14H,1-2H3,(H,24,27)(H,25,28)(H,26,29). The number of aryl methyl sites for hydroxylation is 2. The van der Waals surface area contributed by atoms with E-state index >= 15 is 0 Å². The van der Waals surface area contributed by atoms with Crippen molar-refractivity contribution in [2.24, 2.45) is 0 Å². The van der Waals surface area contributed by atoms with E-state index in [1.165, 1.54) is 0 Å². The summed E-state index contributed by atoms with van der Waals surface area (Å²) in [6.45, 7) is 3.87. The van der Waals surface area contributed by atoms with Crippen LogP contribution in [-0.4, -0.2) is 17.7 Å². The van der Waals surface area contributed by atoms with Crippen molar-refractivity contribution in [3.63, 3.8) is 0 Å². The van der Waals surface area contributed by atoms with Crippen molar-refractivity contribution in [3.8, 4) is 0 Å². The van der Waals surface area contributed by atoms with Gasteiger partial charge < -0.3 is 5.32 Å². The van der Waals surface area contributed by atoms with Gasteiger partial charge >= 0.3 is 0 Å². The van der Waals surface area contributed by atoms with Crippen molar-refractivity contribution < 1.29 is 14.4 Å². The number of hydrogen-bond donors (Lipinski definition) is 3. The Morgan fingerprint density at radius 1 is 0.586 bits per heavy atom. The van der Waals surface area contributed by atoms with Crippen LogP contribution in [0.4, 0.5) is 5.69 Å². The Hall–Kier alpha value is -3.93. The van der Waals surface area contributed by atoms with Gasteiger partial charge in [0.25, 0.3) is 17.7 Å². The lowest BCUT2D eigenvalue weighted by molar-refractivity contribution is 0.0846. The second-order valence-corrected chi connectivity index (χ2v) is 6.68. The van der Waals surface area contributed by atoms with Crippen LogP contribution >= 0.6 is 0 Å². The Morgan fingerprint density at radius 2 is 1.07 bits per heavy atom. The fourth-order valence-corrected chi connectivity index (χ4v) is 2.61. The molecule has 0 saturated heterocycles. The minimum absolute atomic E-state index is 0.268. The normalized spacial score (nSPS) is 10.1. The molecule has 0 aliphatic carbocycles. The van der Waals surface area contributed by atoms with E-state index in [1.807, 2.05) is 38.1 Å². The number of benzene rings is 3. The van der Waals surface area contributed by atoms with E-state index in [2.05, 4.69) is 16.2 Å². The van der Waals surface area contributed by atoms with Gasteiger partial charge in [0.15, 0.2) is 0 Å². The van der Waals surface area contributed by atoms with Gasteiger partial charge in [-0.05, 0) is 56.3 Å². The average Bonchev–Trinajstić information content (AvgIpc) is 2.73. The molecule has 0 fully saturated rings. The van der Waals surface area contributed by atoms with E-state index in [4.69, 9.17) is 0 Å². The van der Waals surface area contributed by atoms with E-state index < -0.39 is 11.8 Å². The smallest absolute Gasteiger partial charge is 0.269 e. The number of hydrazine groups is 1. The monoisotopic (exact) mass is 387 g/mol. The first-order chi connectivity index (χ1) is 13.9. The molecule has 0 unspecified atom stereocenters. The minimum atomic E-state index is -0.489. The summed E-state index contributed by atoms with van der Waals surface area (Å²) >= 11 is 0. The van der Waals surface area contributed by atoms with Crippen LogP contribution in [0.3, 0.4) is 0 Å². The number of anilines is 1. The van der Waals surface area contributed by atoms with Crippen LogP contribution in [0.25, 0.3) is 0 Å². The first-order valence-electron chi connectivity index (χ1n) is 9.08. The molecule has 0 spiro atoms. The van der Waals surface area contributed by atoms with E-state index in [0.717, 1.165) is 11.1 Å². The predicted molar refractivity (Wildman–Crippen MR) is 112 cm³/mol. The number of hydrogen-bond acceptors (Lipinski definition) is 3. The summed E-state index contributed by atoms with van der Waals surface area (Å²) in [5, 5.41) is 2.76. The summed E-state index contributed by atoms with van der Waals surface area (Å²) in [5.41, 5.74) is 8.61. The van der Waals surface area contributed by atoms with Gasteiger partial charge in [-0.15, -0.1) is 0 Å². The zero-order valence-corrected chi connectivity index (χ0v) is 16.2. The lowest BCUT2D eigenvalue weighted by atomic mass is 10.1. The lowest BCUT2D eigenvalue weighted by Gasteiger charge is -2.10. The highest BCUT2D eigenvalue weighted by molar-refractivity contribution is 6.05. The van der Waals surface area contributed by atoms with Gasteiger partial charge in [0.2, 0.25) is 0 Å². The molecule has 6 heteroatoms. The van der Waals surface area contributed by atoms with Crippen LogP contribution in [0.1, 0.15) is 42.2 Å². The molecule has 3 aromatic rings. The molecule has 3 rings (SSSR count). The molecular formula is C23H21N3O3. The first-order valence-corrected chi connectivity index (χ1v) is 9.08. The molecule has 0 atom stereocenters. The predicted octanol–water partition coefficient (Wildman–Crippen LogP) is 3.63. The highest BCUT2D eigenvalue weighted by Gasteiger charge is 2.11. The van der Waals surface area contributed by atoms with Gasteiger partial charge in [-0.1, -0.05) is 41.5 Å². The third-order valence-corrected chi connectivity index (χ3v) is 4.30.